The summed E-state index contributed by atoms with van der Waals surface area (Å²) in [5.74, 6) is -0.237. The van der Waals surface area contributed by atoms with E-state index in [0.29, 0.717) is 18.9 Å². The van der Waals surface area contributed by atoms with Gasteiger partial charge in [-0.1, -0.05) is 0 Å². The van der Waals surface area contributed by atoms with E-state index in [9.17, 15) is 18.0 Å². The van der Waals surface area contributed by atoms with Gasteiger partial charge in [-0.2, -0.15) is 13.2 Å². The van der Waals surface area contributed by atoms with Crippen molar-refractivity contribution < 1.29 is 18.0 Å². The molecule has 0 bridgehead atoms. The number of nitrogens with zero attached hydrogens (tertiary/aromatic N) is 5. The number of carbonyl (C=O) groups is 1. The van der Waals surface area contributed by atoms with Gasteiger partial charge in [-0.3, -0.25) is 9.78 Å². The maximum Gasteiger partial charge on any atom is 0.433 e. The second-order valence-electron chi connectivity index (χ2n) is 7.38. The van der Waals surface area contributed by atoms with Crippen LogP contribution < -0.4 is 15.5 Å². The predicted molar refractivity (Wildman–Crippen MR) is 101 cm³/mol. The van der Waals surface area contributed by atoms with E-state index in [-0.39, 0.29) is 17.8 Å². The highest BCUT2D eigenvalue weighted by atomic mass is 19.4. The van der Waals surface area contributed by atoms with Gasteiger partial charge in [0.05, 0.1) is 0 Å². The topological polar surface area (TPSA) is 88.2 Å². The van der Waals surface area contributed by atoms with Crippen LogP contribution in [0.1, 0.15) is 41.9 Å². The zero-order chi connectivity index (χ0) is 20.6. The molecule has 7 nitrogen and oxygen atoms in total. The summed E-state index contributed by atoms with van der Waals surface area (Å²) in [7, 11) is 0. The Labute approximate surface area is 165 Å². The summed E-state index contributed by atoms with van der Waals surface area (Å²) in [5.41, 5.74) is 5.47. The molecule has 154 valence electrons. The molecule has 10 heteroatoms. The molecule has 2 fully saturated rings. The molecule has 1 aliphatic carbocycles. The van der Waals surface area contributed by atoms with Crippen LogP contribution in [0.25, 0.3) is 0 Å². The Balaban J connectivity index is 1.49. The number of alkyl halides is 3. The van der Waals surface area contributed by atoms with Crippen molar-refractivity contribution in [3.63, 3.8) is 0 Å². The number of rotatable bonds is 5. The highest BCUT2D eigenvalue weighted by Gasteiger charge is 2.39. The number of hydrogen-bond donors (Lipinski definition) is 1. The van der Waals surface area contributed by atoms with Gasteiger partial charge in [-0.25, -0.2) is 9.97 Å². The molecule has 3 heterocycles. The fourth-order valence-corrected chi connectivity index (χ4v) is 3.82. The lowest BCUT2D eigenvalue weighted by Gasteiger charge is -2.40. The molecule has 1 amide bonds. The van der Waals surface area contributed by atoms with Gasteiger partial charge >= 0.3 is 6.18 Å². The summed E-state index contributed by atoms with van der Waals surface area (Å²) < 4.78 is 39.2. The van der Waals surface area contributed by atoms with Gasteiger partial charge in [0, 0.05) is 43.1 Å². The average molecular weight is 406 g/mol. The smallest absolute Gasteiger partial charge is 0.371 e. The minimum absolute atomic E-state index is 0.104. The van der Waals surface area contributed by atoms with Crippen LogP contribution in [0.15, 0.2) is 30.7 Å². The van der Waals surface area contributed by atoms with E-state index < -0.39 is 17.8 Å². The van der Waals surface area contributed by atoms with Gasteiger partial charge in [0.1, 0.15) is 23.5 Å². The Hall–Kier alpha value is -2.91. The molecule has 29 heavy (non-hydrogen) atoms. The second-order valence-corrected chi connectivity index (χ2v) is 7.38. The van der Waals surface area contributed by atoms with E-state index in [1.807, 2.05) is 11.0 Å². The van der Waals surface area contributed by atoms with Crippen LogP contribution in [0.3, 0.4) is 0 Å². The SMILES string of the molecule is NC(=O)c1cc(N2CCC(N(c3cc(C(F)(F)F)ncn3)C3CC3)CC2)ccn1. The van der Waals surface area contributed by atoms with E-state index in [1.165, 1.54) is 0 Å². The molecule has 2 N–H and O–H groups in total. The molecule has 0 radical (unpaired) electrons. The average Bonchev–Trinajstić information content (AvgIpc) is 3.53. The number of piperidine rings is 1. The van der Waals surface area contributed by atoms with Gasteiger partial charge in [0.15, 0.2) is 0 Å². The standard InChI is InChI=1S/C19H21F3N6O/c20-19(21,22)16-10-17(26-11-25-16)28(12-1-2-12)13-4-7-27(8-5-13)14-3-6-24-15(9-14)18(23)29/h3,6,9-13H,1-2,4-5,7-8H2,(H2,23,29). The van der Waals surface area contributed by atoms with Crippen molar-refractivity contribution in [2.75, 3.05) is 22.9 Å². The minimum Gasteiger partial charge on any atom is -0.371 e. The van der Waals surface area contributed by atoms with Crippen molar-refractivity contribution in [3.05, 3.63) is 42.1 Å². The number of anilines is 2. The van der Waals surface area contributed by atoms with Crippen LogP contribution in [0.4, 0.5) is 24.7 Å². The molecule has 2 aromatic heterocycles. The third kappa shape index (κ3) is 4.25. The molecule has 2 aromatic rings. The predicted octanol–water partition coefficient (Wildman–Crippen LogP) is 2.63. The van der Waals surface area contributed by atoms with Crippen molar-refractivity contribution >= 4 is 17.4 Å². The number of halogens is 3. The summed E-state index contributed by atoms with van der Waals surface area (Å²) in [6.45, 7) is 1.43. The third-order valence-corrected chi connectivity index (χ3v) is 5.37. The Morgan fingerprint density at radius 1 is 1.07 bits per heavy atom. The molecular formula is C19H21F3N6O. The van der Waals surface area contributed by atoms with Gasteiger partial charge < -0.3 is 15.5 Å². The molecule has 0 unspecified atom stereocenters. The molecule has 0 aromatic carbocycles. The molecule has 4 rings (SSSR count). The quantitative estimate of drug-likeness (QED) is 0.821. The zero-order valence-corrected chi connectivity index (χ0v) is 15.6. The molecule has 0 spiro atoms. The molecule has 1 saturated carbocycles. The summed E-state index contributed by atoms with van der Waals surface area (Å²) in [6.07, 6.45) is 1.51. The number of primary amides is 1. The number of aromatic nitrogens is 3. The first-order chi connectivity index (χ1) is 13.8. The van der Waals surface area contributed by atoms with Gasteiger partial charge in [-0.05, 0) is 37.8 Å². The van der Waals surface area contributed by atoms with Gasteiger partial charge in [-0.15, -0.1) is 0 Å². The lowest BCUT2D eigenvalue weighted by atomic mass is 10.0. The van der Waals surface area contributed by atoms with Crippen LogP contribution in [0.5, 0.6) is 0 Å². The van der Waals surface area contributed by atoms with Crippen molar-refractivity contribution in [2.24, 2.45) is 5.73 Å². The van der Waals surface area contributed by atoms with E-state index >= 15 is 0 Å². The largest absolute Gasteiger partial charge is 0.433 e. The van der Waals surface area contributed by atoms with Crippen molar-refractivity contribution in [3.8, 4) is 0 Å². The lowest BCUT2D eigenvalue weighted by molar-refractivity contribution is -0.141. The van der Waals surface area contributed by atoms with Gasteiger partial charge in [0.2, 0.25) is 0 Å². The highest BCUT2D eigenvalue weighted by Crippen LogP contribution is 2.37. The fraction of sp³-hybridized carbons (Fsp3) is 0.474. The number of amides is 1. The van der Waals surface area contributed by atoms with Crippen LogP contribution in [-0.2, 0) is 6.18 Å². The maximum atomic E-state index is 13.1. The molecule has 1 saturated heterocycles. The van der Waals surface area contributed by atoms with E-state index in [2.05, 4.69) is 19.9 Å². The number of carbonyl (C=O) groups excluding carboxylic acids is 1. The molecular weight excluding hydrogens is 385 g/mol. The van der Waals surface area contributed by atoms with Crippen molar-refractivity contribution in [1.82, 2.24) is 15.0 Å². The normalized spacial score (nSPS) is 18.0. The van der Waals surface area contributed by atoms with Crippen LogP contribution in [0.2, 0.25) is 0 Å². The zero-order valence-electron chi connectivity index (χ0n) is 15.6. The number of pyridine rings is 1. The maximum absolute atomic E-state index is 13.1. The Bertz CT molecular complexity index is 894. The fourth-order valence-electron chi connectivity index (χ4n) is 3.82. The van der Waals surface area contributed by atoms with Gasteiger partial charge in [0.25, 0.3) is 5.91 Å². The van der Waals surface area contributed by atoms with E-state index in [0.717, 1.165) is 43.8 Å². The lowest BCUT2D eigenvalue weighted by Crippen LogP contribution is -2.46. The summed E-state index contributed by atoms with van der Waals surface area (Å²) in [6, 6.07) is 4.87. The van der Waals surface area contributed by atoms with Crippen LogP contribution >= 0.6 is 0 Å². The van der Waals surface area contributed by atoms with E-state index in [4.69, 9.17) is 5.73 Å². The Morgan fingerprint density at radius 2 is 1.76 bits per heavy atom. The van der Waals surface area contributed by atoms with Crippen molar-refractivity contribution in [2.45, 2.75) is 43.9 Å². The first-order valence-electron chi connectivity index (χ1n) is 9.51. The van der Waals surface area contributed by atoms with Crippen molar-refractivity contribution in [1.29, 1.82) is 0 Å². The molecule has 1 aliphatic heterocycles. The number of nitrogens with two attached hydrogens (primary N) is 1. The first kappa shape index (κ1) is 19.4. The Kier molecular flexibility index (Phi) is 5.01. The first-order valence-corrected chi connectivity index (χ1v) is 9.51. The van der Waals surface area contributed by atoms with E-state index in [1.54, 1.807) is 12.3 Å². The third-order valence-electron chi connectivity index (χ3n) is 5.37. The summed E-state index contributed by atoms with van der Waals surface area (Å²) >= 11 is 0. The van der Waals surface area contributed by atoms with Crippen LogP contribution in [-0.4, -0.2) is 46.0 Å². The molecule has 0 atom stereocenters. The summed E-state index contributed by atoms with van der Waals surface area (Å²) in [5, 5.41) is 0. The summed E-state index contributed by atoms with van der Waals surface area (Å²) in [4.78, 5) is 27.0. The molecule has 2 aliphatic rings. The van der Waals surface area contributed by atoms with Crippen LogP contribution in [0, 0.1) is 0 Å². The second kappa shape index (κ2) is 7.49. The highest BCUT2D eigenvalue weighted by molar-refractivity contribution is 5.91. The number of hydrogen-bond acceptors (Lipinski definition) is 6. The minimum atomic E-state index is -4.49. The Morgan fingerprint density at radius 3 is 2.38 bits per heavy atom. The monoisotopic (exact) mass is 406 g/mol.